The van der Waals surface area contributed by atoms with Crippen molar-refractivity contribution in [1.82, 2.24) is 5.32 Å². The van der Waals surface area contributed by atoms with Gasteiger partial charge in [0.25, 0.3) is 11.8 Å². The molecule has 1 aliphatic rings. The zero-order chi connectivity index (χ0) is 20.6. The number of amides is 4. The first kappa shape index (κ1) is 19.6. The standard InChI is InChI=1S/C18H9ClF4N2O3/c19-13-6-3-10(18(21,22)23)8-14(13)25-16(27)12(15(26)24-17(25)28)7-9-1-4-11(20)5-2-9/h1-8H,(H,24,26,28)/b12-7+. The number of hydrogen-bond acceptors (Lipinski definition) is 3. The van der Waals surface area contributed by atoms with Crippen LogP contribution in [0, 0.1) is 5.82 Å². The second-order valence-corrected chi connectivity index (χ2v) is 6.08. The van der Waals surface area contributed by atoms with Crippen LogP contribution in [0.25, 0.3) is 6.08 Å². The summed E-state index contributed by atoms with van der Waals surface area (Å²) in [6, 6.07) is 5.60. The summed E-state index contributed by atoms with van der Waals surface area (Å²) in [7, 11) is 0. The lowest BCUT2D eigenvalue weighted by Gasteiger charge is -2.27. The minimum Gasteiger partial charge on any atom is -0.273 e. The highest BCUT2D eigenvalue weighted by atomic mass is 35.5. The number of barbiturate groups is 1. The first-order valence-electron chi connectivity index (χ1n) is 7.61. The number of anilines is 1. The Hall–Kier alpha value is -3.20. The molecule has 1 N–H and O–H groups in total. The molecule has 0 aliphatic carbocycles. The second kappa shape index (κ2) is 7.08. The van der Waals surface area contributed by atoms with Gasteiger partial charge in [0.05, 0.1) is 16.3 Å². The number of imide groups is 2. The van der Waals surface area contributed by atoms with Crippen molar-refractivity contribution >= 4 is 41.2 Å². The van der Waals surface area contributed by atoms with E-state index >= 15 is 0 Å². The van der Waals surface area contributed by atoms with Crippen LogP contribution >= 0.6 is 11.6 Å². The summed E-state index contributed by atoms with van der Waals surface area (Å²) in [6.45, 7) is 0. The third-order valence-electron chi connectivity index (χ3n) is 3.80. The minimum absolute atomic E-state index is 0.268. The molecular formula is C18H9ClF4N2O3. The summed E-state index contributed by atoms with van der Waals surface area (Å²) < 4.78 is 51.9. The summed E-state index contributed by atoms with van der Waals surface area (Å²) in [5.41, 5.74) is -1.92. The predicted octanol–water partition coefficient (Wildman–Crippen LogP) is 4.16. The average molecular weight is 413 g/mol. The van der Waals surface area contributed by atoms with Crippen LogP contribution in [0.3, 0.4) is 0 Å². The maximum absolute atomic E-state index is 13.0. The molecule has 3 rings (SSSR count). The number of carbonyl (C=O) groups is 3. The fourth-order valence-corrected chi connectivity index (χ4v) is 2.66. The van der Waals surface area contributed by atoms with Gasteiger partial charge in [-0.25, -0.2) is 14.1 Å². The fraction of sp³-hybridized carbons (Fsp3) is 0.0556. The van der Waals surface area contributed by atoms with E-state index in [9.17, 15) is 31.9 Å². The number of alkyl halides is 3. The highest BCUT2D eigenvalue weighted by Crippen LogP contribution is 2.36. The Morgan fingerprint density at radius 2 is 1.64 bits per heavy atom. The Bertz CT molecular complexity index is 1020. The van der Waals surface area contributed by atoms with Gasteiger partial charge in [-0.3, -0.25) is 14.9 Å². The number of carbonyl (C=O) groups excluding carboxylic acids is 3. The molecule has 1 aliphatic heterocycles. The van der Waals surface area contributed by atoms with Crippen molar-refractivity contribution in [2.24, 2.45) is 0 Å². The van der Waals surface area contributed by atoms with Gasteiger partial charge in [0.1, 0.15) is 11.4 Å². The molecule has 0 radical (unpaired) electrons. The van der Waals surface area contributed by atoms with E-state index in [4.69, 9.17) is 11.6 Å². The molecule has 2 aromatic carbocycles. The van der Waals surface area contributed by atoms with E-state index in [0.717, 1.165) is 24.3 Å². The summed E-state index contributed by atoms with van der Waals surface area (Å²) in [4.78, 5) is 37.2. The van der Waals surface area contributed by atoms with Crippen molar-refractivity contribution in [1.29, 1.82) is 0 Å². The van der Waals surface area contributed by atoms with Crippen LogP contribution in [0.2, 0.25) is 5.02 Å². The highest BCUT2D eigenvalue weighted by Gasteiger charge is 2.39. The predicted molar refractivity (Wildman–Crippen MR) is 91.9 cm³/mol. The van der Waals surface area contributed by atoms with Gasteiger partial charge in [-0.2, -0.15) is 13.2 Å². The van der Waals surface area contributed by atoms with Crippen molar-refractivity contribution in [3.8, 4) is 0 Å². The average Bonchev–Trinajstić information content (AvgIpc) is 2.60. The lowest BCUT2D eigenvalue weighted by molar-refractivity contribution is -0.137. The van der Waals surface area contributed by atoms with Gasteiger partial charge in [0.2, 0.25) is 0 Å². The lowest BCUT2D eigenvalue weighted by atomic mass is 10.1. The Kier molecular flexibility index (Phi) is 4.95. The van der Waals surface area contributed by atoms with Crippen molar-refractivity contribution in [2.45, 2.75) is 6.18 Å². The van der Waals surface area contributed by atoms with Crippen LogP contribution < -0.4 is 10.2 Å². The number of halogens is 5. The van der Waals surface area contributed by atoms with E-state index in [1.165, 1.54) is 12.1 Å². The molecule has 10 heteroatoms. The molecular weight excluding hydrogens is 404 g/mol. The third-order valence-corrected chi connectivity index (χ3v) is 4.12. The Labute approximate surface area is 160 Å². The topological polar surface area (TPSA) is 66.5 Å². The van der Waals surface area contributed by atoms with Crippen LogP contribution in [0.15, 0.2) is 48.0 Å². The molecule has 5 nitrogen and oxygen atoms in total. The summed E-state index contributed by atoms with van der Waals surface area (Å²) in [6.07, 6.45) is -3.66. The number of urea groups is 1. The molecule has 0 atom stereocenters. The fourth-order valence-electron chi connectivity index (χ4n) is 2.46. The van der Waals surface area contributed by atoms with E-state index in [-0.39, 0.29) is 10.6 Å². The number of nitrogens with zero attached hydrogens (tertiary/aromatic N) is 1. The van der Waals surface area contributed by atoms with E-state index in [1.807, 2.05) is 5.32 Å². The summed E-state index contributed by atoms with van der Waals surface area (Å²) in [5.74, 6) is -2.76. The molecule has 0 saturated carbocycles. The molecule has 1 heterocycles. The van der Waals surface area contributed by atoms with Crippen molar-refractivity contribution in [2.75, 3.05) is 4.90 Å². The Balaban J connectivity index is 2.07. The number of rotatable bonds is 2. The van der Waals surface area contributed by atoms with E-state index in [1.54, 1.807) is 0 Å². The SMILES string of the molecule is O=C1NC(=O)N(c2cc(C(F)(F)F)ccc2Cl)C(=O)/C1=C/c1ccc(F)cc1. The molecule has 2 aromatic rings. The normalized spacial score (nSPS) is 16.5. The van der Waals surface area contributed by atoms with E-state index in [0.29, 0.717) is 17.0 Å². The minimum atomic E-state index is -4.74. The van der Waals surface area contributed by atoms with Crippen molar-refractivity contribution < 1.29 is 31.9 Å². The molecule has 1 fully saturated rings. The smallest absolute Gasteiger partial charge is 0.273 e. The molecule has 0 bridgehead atoms. The maximum Gasteiger partial charge on any atom is 0.416 e. The van der Waals surface area contributed by atoms with Gasteiger partial charge in [0, 0.05) is 0 Å². The Morgan fingerprint density at radius 3 is 2.25 bits per heavy atom. The van der Waals surface area contributed by atoms with Crippen LogP contribution in [-0.4, -0.2) is 17.8 Å². The van der Waals surface area contributed by atoms with Gasteiger partial charge in [-0.15, -0.1) is 0 Å². The molecule has 0 unspecified atom stereocenters. The third kappa shape index (κ3) is 3.74. The molecule has 4 amide bonds. The largest absolute Gasteiger partial charge is 0.416 e. The quantitative estimate of drug-likeness (QED) is 0.457. The number of nitrogens with one attached hydrogen (secondary N) is 1. The zero-order valence-corrected chi connectivity index (χ0v) is 14.4. The van der Waals surface area contributed by atoms with E-state index < -0.39 is 46.7 Å². The van der Waals surface area contributed by atoms with Crippen LogP contribution in [-0.2, 0) is 15.8 Å². The van der Waals surface area contributed by atoms with Crippen LogP contribution in [0.4, 0.5) is 28.0 Å². The highest BCUT2D eigenvalue weighted by molar-refractivity contribution is 6.42. The molecule has 1 saturated heterocycles. The van der Waals surface area contributed by atoms with Crippen LogP contribution in [0.1, 0.15) is 11.1 Å². The summed E-state index contributed by atoms with van der Waals surface area (Å²) in [5, 5.41) is 1.57. The van der Waals surface area contributed by atoms with Gasteiger partial charge in [0.15, 0.2) is 0 Å². The van der Waals surface area contributed by atoms with Gasteiger partial charge < -0.3 is 0 Å². The van der Waals surface area contributed by atoms with E-state index in [2.05, 4.69) is 0 Å². The van der Waals surface area contributed by atoms with Gasteiger partial charge >= 0.3 is 12.2 Å². The monoisotopic (exact) mass is 412 g/mol. The Morgan fingerprint density at radius 1 is 1.00 bits per heavy atom. The van der Waals surface area contributed by atoms with Crippen LogP contribution in [0.5, 0.6) is 0 Å². The van der Waals surface area contributed by atoms with Gasteiger partial charge in [-0.05, 0) is 42.0 Å². The lowest BCUT2D eigenvalue weighted by Crippen LogP contribution is -2.54. The summed E-state index contributed by atoms with van der Waals surface area (Å²) >= 11 is 5.88. The molecule has 0 spiro atoms. The maximum atomic E-state index is 13.0. The van der Waals surface area contributed by atoms with Crippen molar-refractivity contribution in [3.63, 3.8) is 0 Å². The number of hydrogen-bond donors (Lipinski definition) is 1. The first-order valence-corrected chi connectivity index (χ1v) is 7.99. The first-order chi connectivity index (χ1) is 13.1. The molecule has 144 valence electrons. The molecule has 28 heavy (non-hydrogen) atoms. The number of benzene rings is 2. The second-order valence-electron chi connectivity index (χ2n) is 5.67. The van der Waals surface area contributed by atoms with Crippen molar-refractivity contribution in [3.05, 3.63) is 70.0 Å². The zero-order valence-electron chi connectivity index (χ0n) is 13.7. The molecule has 0 aromatic heterocycles. The van der Waals surface area contributed by atoms with Gasteiger partial charge in [-0.1, -0.05) is 23.7 Å².